The molecule has 1 aliphatic heterocycles. The summed E-state index contributed by atoms with van der Waals surface area (Å²) in [6.45, 7) is 1.48. The second kappa shape index (κ2) is 11.1. The van der Waals surface area contributed by atoms with Gasteiger partial charge >= 0.3 is 0 Å². The molecule has 3 aromatic rings. The Morgan fingerprint density at radius 1 is 1.21 bits per heavy atom. The molecule has 1 amide bonds. The van der Waals surface area contributed by atoms with Crippen LogP contribution in [0, 0.1) is 5.92 Å². The lowest BCUT2D eigenvalue weighted by atomic mass is 9.99. The van der Waals surface area contributed by atoms with Crippen LogP contribution in [-0.4, -0.2) is 58.8 Å². The quantitative estimate of drug-likeness (QED) is 0.316. The van der Waals surface area contributed by atoms with E-state index in [1.165, 1.54) is 12.5 Å². The molecule has 0 aliphatic carbocycles. The van der Waals surface area contributed by atoms with Crippen molar-refractivity contribution in [3.63, 3.8) is 0 Å². The maximum atomic E-state index is 12.7. The number of pyridine rings is 1. The average Bonchev–Trinajstić information content (AvgIpc) is 3.53. The predicted molar refractivity (Wildman–Crippen MR) is 122 cm³/mol. The third kappa shape index (κ3) is 5.69. The smallest absolute Gasteiger partial charge is 0.263 e. The van der Waals surface area contributed by atoms with E-state index in [2.05, 4.69) is 25.2 Å². The van der Waals surface area contributed by atoms with E-state index in [1.807, 2.05) is 13.1 Å². The van der Waals surface area contributed by atoms with Crippen LogP contribution in [0.15, 0.2) is 45.8 Å². The van der Waals surface area contributed by atoms with Crippen molar-refractivity contribution in [3.05, 3.63) is 48.8 Å². The molecule has 1 N–H and O–H groups in total. The van der Waals surface area contributed by atoms with Gasteiger partial charge in [0.2, 0.25) is 23.5 Å². The molecule has 1 unspecified atom stereocenters. The lowest BCUT2D eigenvalue weighted by Gasteiger charge is -2.35. The summed E-state index contributed by atoms with van der Waals surface area (Å²) in [6, 6.07) is 3.28. The molecule has 1 atom stereocenters. The fourth-order valence-electron chi connectivity index (χ4n) is 4.00. The van der Waals surface area contributed by atoms with Gasteiger partial charge in [-0.05, 0) is 32.0 Å². The number of hydrogen-bond acceptors (Lipinski definition) is 9. The first-order valence-corrected chi connectivity index (χ1v) is 11.4. The fourth-order valence-corrected chi connectivity index (χ4v) is 4.00. The minimum atomic E-state index is -0.364. The van der Waals surface area contributed by atoms with Gasteiger partial charge in [-0.15, -0.1) is 0 Å². The molecule has 4 heterocycles. The van der Waals surface area contributed by atoms with Crippen molar-refractivity contribution in [2.24, 2.45) is 5.92 Å². The van der Waals surface area contributed by atoms with Gasteiger partial charge < -0.3 is 23.8 Å². The van der Waals surface area contributed by atoms with Crippen molar-refractivity contribution in [3.8, 4) is 17.2 Å². The van der Waals surface area contributed by atoms with E-state index in [-0.39, 0.29) is 29.5 Å². The maximum absolute atomic E-state index is 12.7. The van der Waals surface area contributed by atoms with Crippen LogP contribution in [0.1, 0.15) is 54.7 Å². The van der Waals surface area contributed by atoms with E-state index in [0.717, 1.165) is 25.9 Å². The number of rotatable bonds is 12. The third-order valence-corrected chi connectivity index (χ3v) is 5.87. The molecule has 0 saturated carbocycles. The topological polar surface area (TPSA) is 124 Å². The number of carbonyl (C=O) groups is 2. The lowest BCUT2D eigenvalue weighted by molar-refractivity contribution is -0.130. The zero-order chi connectivity index (χ0) is 23.9. The van der Waals surface area contributed by atoms with Gasteiger partial charge in [0.25, 0.3) is 5.89 Å². The van der Waals surface area contributed by atoms with Crippen LogP contribution in [0.2, 0.25) is 0 Å². The Kier molecular flexibility index (Phi) is 7.69. The molecule has 34 heavy (non-hydrogen) atoms. The van der Waals surface area contributed by atoms with Crippen molar-refractivity contribution >= 4 is 11.7 Å². The highest BCUT2D eigenvalue weighted by atomic mass is 16.5. The van der Waals surface area contributed by atoms with Crippen LogP contribution in [-0.2, 0) is 4.79 Å². The first-order chi connectivity index (χ1) is 16.5. The van der Waals surface area contributed by atoms with Gasteiger partial charge in [-0.25, -0.2) is 15.0 Å². The average molecular weight is 468 g/mol. The fraction of sp³-hybridized carbons (Fsp3) is 0.458. The largest absolute Gasteiger partial charge is 0.480 e. The Labute approximate surface area is 197 Å². The minimum Gasteiger partial charge on any atom is -0.480 e. The summed E-state index contributed by atoms with van der Waals surface area (Å²) in [5.74, 6) is 1.43. The van der Waals surface area contributed by atoms with Crippen LogP contribution >= 0.6 is 0 Å². The molecule has 1 aliphatic rings. The predicted octanol–water partition coefficient (Wildman–Crippen LogP) is 3.29. The molecule has 0 bridgehead atoms. The highest BCUT2D eigenvalue weighted by Gasteiger charge is 2.32. The van der Waals surface area contributed by atoms with Gasteiger partial charge in [-0.3, -0.25) is 9.59 Å². The van der Waals surface area contributed by atoms with Crippen LogP contribution in [0.3, 0.4) is 0 Å². The molecule has 0 aromatic carbocycles. The highest BCUT2D eigenvalue weighted by molar-refractivity contribution is 5.91. The summed E-state index contributed by atoms with van der Waals surface area (Å²) in [6.07, 6.45) is 9.46. The summed E-state index contributed by atoms with van der Waals surface area (Å²) in [4.78, 5) is 39.4. The Balaban J connectivity index is 1.38. The SMILES string of the molecule is COc1ncccc1-c1cnc(C(CCCCCC(=O)c2ncco2)NC(=O)C2CN(C)C2)o1. The number of unbranched alkanes of at least 4 members (excludes halogenated alkanes) is 2. The summed E-state index contributed by atoms with van der Waals surface area (Å²) < 4.78 is 16.4. The highest BCUT2D eigenvalue weighted by Crippen LogP contribution is 2.31. The molecule has 10 heteroatoms. The normalized spacial score (nSPS) is 15.0. The zero-order valence-electron chi connectivity index (χ0n) is 19.4. The third-order valence-electron chi connectivity index (χ3n) is 5.87. The Hall–Kier alpha value is -3.53. The molecule has 4 rings (SSSR count). The van der Waals surface area contributed by atoms with Crippen molar-refractivity contribution in [2.45, 2.75) is 38.1 Å². The minimum absolute atomic E-state index is 0.000815. The van der Waals surface area contributed by atoms with Crippen LogP contribution in [0.25, 0.3) is 11.3 Å². The number of amides is 1. The zero-order valence-corrected chi connectivity index (χ0v) is 19.4. The van der Waals surface area contributed by atoms with Crippen LogP contribution in [0.4, 0.5) is 0 Å². The molecule has 10 nitrogen and oxygen atoms in total. The van der Waals surface area contributed by atoms with Crippen LogP contribution < -0.4 is 10.1 Å². The first kappa shape index (κ1) is 23.6. The summed E-state index contributed by atoms with van der Waals surface area (Å²) in [7, 11) is 3.54. The number of methoxy groups -OCH3 is 1. The van der Waals surface area contributed by atoms with E-state index >= 15 is 0 Å². The number of nitrogens with zero attached hydrogens (tertiary/aromatic N) is 4. The van der Waals surface area contributed by atoms with E-state index in [9.17, 15) is 9.59 Å². The number of likely N-dealkylation sites (tertiary alicyclic amines) is 1. The first-order valence-electron chi connectivity index (χ1n) is 11.4. The molecule has 3 aromatic heterocycles. The van der Waals surface area contributed by atoms with Gasteiger partial charge in [-0.1, -0.05) is 12.8 Å². The van der Waals surface area contributed by atoms with Gasteiger partial charge in [-0.2, -0.15) is 0 Å². The lowest BCUT2D eigenvalue weighted by Crippen LogP contribution is -2.52. The second-order valence-corrected chi connectivity index (χ2v) is 8.46. The van der Waals surface area contributed by atoms with Crippen molar-refractivity contribution in [1.29, 1.82) is 0 Å². The van der Waals surface area contributed by atoms with Gasteiger partial charge in [0.15, 0.2) is 5.76 Å². The van der Waals surface area contributed by atoms with E-state index in [0.29, 0.717) is 42.4 Å². The Bertz CT molecular complexity index is 1090. The Morgan fingerprint density at radius 2 is 2.06 bits per heavy atom. The molecule has 0 radical (unpaired) electrons. The van der Waals surface area contributed by atoms with Crippen LogP contribution in [0.5, 0.6) is 5.88 Å². The van der Waals surface area contributed by atoms with Crippen molar-refractivity contribution in [2.75, 3.05) is 27.2 Å². The number of ketones is 1. The number of hydrogen-bond donors (Lipinski definition) is 1. The number of ether oxygens (including phenoxy) is 1. The van der Waals surface area contributed by atoms with E-state index < -0.39 is 0 Å². The maximum Gasteiger partial charge on any atom is 0.263 e. The summed E-state index contributed by atoms with van der Waals surface area (Å²) in [5.41, 5.74) is 0.694. The molecule has 180 valence electrons. The van der Waals surface area contributed by atoms with E-state index in [1.54, 1.807) is 25.6 Å². The molecule has 1 fully saturated rings. The molecular weight excluding hydrogens is 438 g/mol. The summed E-state index contributed by atoms with van der Waals surface area (Å²) >= 11 is 0. The standard InChI is InChI=1S/C24H29N5O5/c1-29-14-16(15-29)21(31)28-18(8-4-3-5-9-19(30)24-26-11-12-33-24)23-27-13-20(34-23)17-7-6-10-25-22(17)32-2/h6-7,10-13,16,18H,3-5,8-9,14-15H2,1-2H3,(H,28,31). The number of nitrogens with one attached hydrogen (secondary N) is 1. The number of Topliss-reactive ketones (excluding diaryl/α,β-unsaturated/α-hetero) is 1. The van der Waals surface area contributed by atoms with Gasteiger partial charge in [0, 0.05) is 25.7 Å². The summed E-state index contributed by atoms with van der Waals surface area (Å²) in [5, 5.41) is 3.11. The number of carbonyl (C=O) groups excluding carboxylic acids is 2. The van der Waals surface area contributed by atoms with Crippen molar-refractivity contribution < 1.29 is 23.2 Å². The second-order valence-electron chi connectivity index (χ2n) is 8.46. The van der Waals surface area contributed by atoms with Gasteiger partial charge in [0.1, 0.15) is 12.3 Å². The number of oxazole rings is 2. The van der Waals surface area contributed by atoms with Gasteiger partial charge in [0.05, 0.1) is 31.0 Å². The number of aromatic nitrogens is 3. The van der Waals surface area contributed by atoms with Crippen molar-refractivity contribution in [1.82, 2.24) is 25.2 Å². The molecule has 0 spiro atoms. The molecule has 1 saturated heterocycles. The monoisotopic (exact) mass is 467 g/mol. The van der Waals surface area contributed by atoms with E-state index in [4.69, 9.17) is 13.6 Å². The Morgan fingerprint density at radius 3 is 2.79 bits per heavy atom. The molecular formula is C24H29N5O5.